The number of hydrogen-bond donors (Lipinski definition) is 1. The summed E-state index contributed by atoms with van der Waals surface area (Å²) in [7, 11) is 1.57. The first kappa shape index (κ1) is 19.9. The Morgan fingerprint density at radius 1 is 0.931 bits per heavy atom. The van der Waals surface area contributed by atoms with Gasteiger partial charge in [-0.05, 0) is 35.4 Å². The maximum atomic E-state index is 11.0. The summed E-state index contributed by atoms with van der Waals surface area (Å²) in [6, 6.07) is 21.8. The minimum Gasteiger partial charge on any atom is -0.493 e. The number of para-hydroxylation sites is 1. The molecule has 3 aromatic rings. The fourth-order valence-corrected chi connectivity index (χ4v) is 2.63. The van der Waals surface area contributed by atoms with Crippen LogP contribution in [0.4, 0.5) is 0 Å². The quantitative estimate of drug-likeness (QED) is 0.429. The monoisotopic (exact) mass is 391 g/mol. The first-order chi connectivity index (χ1) is 14.2. The van der Waals surface area contributed by atoms with Crippen molar-refractivity contribution in [1.82, 2.24) is 0 Å². The molecule has 3 aromatic carbocycles. The van der Waals surface area contributed by atoms with Crippen molar-refractivity contribution in [2.45, 2.75) is 13.2 Å². The summed E-state index contributed by atoms with van der Waals surface area (Å²) in [6.45, 7) is 0.624. The largest absolute Gasteiger partial charge is 0.493 e. The molecule has 0 saturated heterocycles. The van der Waals surface area contributed by atoms with E-state index in [1.54, 1.807) is 43.7 Å². The number of aromatic carboxylic acids is 1. The SMILES string of the molecule is COc1cccc(/C=N/OCc2ccccc2)c1OCc1ccc(C(=O)O)cc1. The van der Waals surface area contributed by atoms with Crippen molar-refractivity contribution in [1.29, 1.82) is 0 Å². The van der Waals surface area contributed by atoms with Crippen LogP contribution in [-0.2, 0) is 18.1 Å². The van der Waals surface area contributed by atoms with Gasteiger partial charge in [0.15, 0.2) is 11.5 Å². The number of carbonyl (C=O) groups is 1. The van der Waals surface area contributed by atoms with Crippen LogP contribution in [0, 0.1) is 0 Å². The molecule has 0 unspecified atom stereocenters. The lowest BCUT2D eigenvalue weighted by atomic mass is 10.1. The van der Waals surface area contributed by atoms with Gasteiger partial charge >= 0.3 is 5.97 Å². The summed E-state index contributed by atoms with van der Waals surface area (Å²) >= 11 is 0. The van der Waals surface area contributed by atoms with Crippen LogP contribution in [0.3, 0.4) is 0 Å². The Hall–Kier alpha value is -3.80. The predicted octanol–water partition coefficient (Wildman–Crippen LogP) is 4.52. The molecular weight excluding hydrogens is 370 g/mol. The summed E-state index contributed by atoms with van der Waals surface area (Å²) in [4.78, 5) is 16.3. The molecule has 0 radical (unpaired) electrons. The van der Waals surface area contributed by atoms with E-state index in [-0.39, 0.29) is 12.2 Å². The maximum Gasteiger partial charge on any atom is 0.335 e. The lowest BCUT2D eigenvalue weighted by Crippen LogP contribution is -2.02. The molecule has 0 heterocycles. The van der Waals surface area contributed by atoms with Gasteiger partial charge in [-0.3, -0.25) is 0 Å². The average molecular weight is 391 g/mol. The third kappa shape index (κ3) is 5.59. The molecule has 0 aromatic heterocycles. The van der Waals surface area contributed by atoms with E-state index in [9.17, 15) is 4.79 Å². The van der Waals surface area contributed by atoms with Gasteiger partial charge in [0.1, 0.15) is 13.2 Å². The highest BCUT2D eigenvalue weighted by Crippen LogP contribution is 2.31. The summed E-state index contributed by atoms with van der Waals surface area (Å²) < 4.78 is 11.3. The average Bonchev–Trinajstić information content (AvgIpc) is 2.76. The van der Waals surface area contributed by atoms with Gasteiger partial charge in [-0.25, -0.2) is 4.79 Å². The molecule has 0 spiro atoms. The van der Waals surface area contributed by atoms with Gasteiger partial charge < -0.3 is 19.4 Å². The van der Waals surface area contributed by atoms with Crippen LogP contribution in [0.1, 0.15) is 27.0 Å². The van der Waals surface area contributed by atoms with E-state index < -0.39 is 5.97 Å². The normalized spacial score (nSPS) is 10.7. The van der Waals surface area contributed by atoms with Gasteiger partial charge in [0, 0.05) is 5.56 Å². The zero-order valence-corrected chi connectivity index (χ0v) is 15.9. The Kier molecular flexibility index (Phi) is 6.84. The first-order valence-corrected chi connectivity index (χ1v) is 8.98. The van der Waals surface area contributed by atoms with E-state index in [0.29, 0.717) is 23.7 Å². The molecule has 0 amide bonds. The van der Waals surface area contributed by atoms with Crippen LogP contribution >= 0.6 is 0 Å². The van der Waals surface area contributed by atoms with Gasteiger partial charge in [-0.15, -0.1) is 0 Å². The van der Waals surface area contributed by atoms with Gasteiger partial charge in [0.25, 0.3) is 0 Å². The third-order valence-electron chi connectivity index (χ3n) is 4.15. The van der Waals surface area contributed by atoms with Crippen LogP contribution < -0.4 is 9.47 Å². The molecule has 0 aliphatic heterocycles. The van der Waals surface area contributed by atoms with Crippen LogP contribution in [0.25, 0.3) is 0 Å². The van der Waals surface area contributed by atoms with Gasteiger partial charge in [-0.1, -0.05) is 53.7 Å². The second-order valence-corrected chi connectivity index (χ2v) is 6.16. The molecule has 1 N–H and O–H groups in total. The molecular formula is C23H21NO5. The Bertz CT molecular complexity index is 968. The van der Waals surface area contributed by atoms with E-state index in [1.165, 1.54) is 0 Å². The Labute approximate surface area is 169 Å². The van der Waals surface area contributed by atoms with E-state index >= 15 is 0 Å². The standard InChI is InChI=1S/C23H21NO5/c1-27-21-9-5-8-20(14-24-29-16-17-6-3-2-4-7-17)22(21)28-15-18-10-12-19(13-11-18)23(25)26/h2-14H,15-16H2,1H3,(H,25,26)/b24-14+. The molecule has 0 fully saturated rings. The number of nitrogens with zero attached hydrogens (tertiary/aromatic N) is 1. The molecule has 148 valence electrons. The topological polar surface area (TPSA) is 77.3 Å². The molecule has 0 atom stereocenters. The van der Waals surface area contributed by atoms with Gasteiger partial charge in [0.05, 0.1) is 18.9 Å². The Morgan fingerprint density at radius 2 is 1.66 bits per heavy atom. The highest BCUT2D eigenvalue weighted by atomic mass is 16.6. The summed E-state index contributed by atoms with van der Waals surface area (Å²) in [5, 5.41) is 13.0. The van der Waals surface area contributed by atoms with E-state index in [4.69, 9.17) is 19.4 Å². The number of hydrogen-bond acceptors (Lipinski definition) is 5. The number of ether oxygens (including phenoxy) is 2. The Balaban J connectivity index is 1.68. The molecule has 0 saturated carbocycles. The minimum atomic E-state index is -0.962. The third-order valence-corrected chi connectivity index (χ3v) is 4.15. The number of carboxylic acids is 1. The molecule has 29 heavy (non-hydrogen) atoms. The molecule has 6 heteroatoms. The second-order valence-electron chi connectivity index (χ2n) is 6.16. The maximum absolute atomic E-state index is 11.0. The van der Waals surface area contributed by atoms with E-state index in [0.717, 1.165) is 11.1 Å². The fourth-order valence-electron chi connectivity index (χ4n) is 2.63. The smallest absolute Gasteiger partial charge is 0.335 e. The summed E-state index contributed by atoms with van der Waals surface area (Å²) in [5.41, 5.74) is 2.80. The first-order valence-electron chi connectivity index (χ1n) is 8.98. The second kappa shape index (κ2) is 9.94. The van der Waals surface area contributed by atoms with Crippen LogP contribution in [0.2, 0.25) is 0 Å². The lowest BCUT2D eigenvalue weighted by molar-refractivity contribution is 0.0697. The lowest BCUT2D eigenvalue weighted by Gasteiger charge is -2.13. The van der Waals surface area contributed by atoms with Crippen LogP contribution in [0.15, 0.2) is 78.0 Å². The highest BCUT2D eigenvalue weighted by molar-refractivity contribution is 5.87. The molecule has 0 aliphatic carbocycles. The van der Waals surface area contributed by atoms with Crippen molar-refractivity contribution >= 4 is 12.2 Å². The van der Waals surface area contributed by atoms with E-state index in [1.807, 2.05) is 42.5 Å². The fraction of sp³-hybridized carbons (Fsp3) is 0.130. The zero-order valence-electron chi connectivity index (χ0n) is 15.9. The van der Waals surface area contributed by atoms with Gasteiger partial charge in [-0.2, -0.15) is 0 Å². The van der Waals surface area contributed by atoms with Crippen molar-refractivity contribution in [3.05, 3.63) is 95.1 Å². The number of rotatable bonds is 9. The predicted molar refractivity (Wildman–Crippen MR) is 110 cm³/mol. The van der Waals surface area contributed by atoms with Gasteiger partial charge in [0.2, 0.25) is 0 Å². The molecule has 0 aliphatic rings. The zero-order chi connectivity index (χ0) is 20.5. The molecule has 6 nitrogen and oxygen atoms in total. The van der Waals surface area contributed by atoms with Crippen LogP contribution in [-0.4, -0.2) is 24.4 Å². The number of methoxy groups -OCH3 is 1. The summed E-state index contributed by atoms with van der Waals surface area (Å²) in [5.74, 6) is 0.139. The number of oxime groups is 1. The van der Waals surface area contributed by atoms with Crippen molar-refractivity contribution in [2.24, 2.45) is 5.16 Å². The molecule has 3 rings (SSSR count). The van der Waals surface area contributed by atoms with E-state index in [2.05, 4.69) is 5.16 Å². The number of benzene rings is 3. The van der Waals surface area contributed by atoms with Crippen molar-refractivity contribution in [3.8, 4) is 11.5 Å². The highest BCUT2D eigenvalue weighted by Gasteiger charge is 2.10. The van der Waals surface area contributed by atoms with Crippen molar-refractivity contribution in [2.75, 3.05) is 7.11 Å². The van der Waals surface area contributed by atoms with Crippen molar-refractivity contribution < 1.29 is 24.2 Å². The van der Waals surface area contributed by atoms with Crippen molar-refractivity contribution in [3.63, 3.8) is 0 Å². The Morgan fingerprint density at radius 3 is 2.34 bits per heavy atom. The molecule has 0 bridgehead atoms. The summed E-state index contributed by atoms with van der Waals surface area (Å²) in [6.07, 6.45) is 1.58. The van der Waals surface area contributed by atoms with Crippen LogP contribution in [0.5, 0.6) is 11.5 Å². The minimum absolute atomic E-state index is 0.231. The number of carboxylic acid groups (broad SMARTS) is 1.